The molecule has 0 bridgehead atoms. The molecule has 1 rings (SSSR count). The SMILES string of the molecule is CCC(Nc1ccc(C(N)=O)cc1N)C(C)C. The average Bonchev–Trinajstić information content (AvgIpc) is 2.26. The third kappa shape index (κ3) is 3.37. The molecule has 0 fully saturated rings. The Balaban J connectivity index is 2.89. The van der Waals surface area contributed by atoms with Crippen molar-refractivity contribution in [2.75, 3.05) is 11.1 Å². The van der Waals surface area contributed by atoms with Gasteiger partial charge < -0.3 is 16.8 Å². The first-order valence-electron chi connectivity index (χ1n) is 5.91. The number of hydrogen-bond acceptors (Lipinski definition) is 3. The number of benzene rings is 1. The summed E-state index contributed by atoms with van der Waals surface area (Å²) in [6, 6.07) is 5.48. The Morgan fingerprint density at radius 1 is 1.41 bits per heavy atom. The summed E-state index contributed by atoms with van der Waals surface area (Å²) in [6.45, 7) is 6.45. The molecule has 0 radical (unpaired) electrons. The van der Waals surface area contributed by atoms with Gasteiger partial charge in [0.05, 0.1) is 11.4 Å². The molecule has 0 aliphatic rings. The number of carbonyl (C=O) groups is 1. The quantitative estimate of drug-likeness (QED) is 0.684. The number of nitrogens with one attached hydrogen (secondary N) is 1. The molecule has 0 saturated carbocycles. The van der Waals surface area contributed by atoms with Crippen molar-refractivity contribution in [1.82, 2.24) is 0 Å². The van der Waals surface area contributed by atoms with Crippen molar-refractivity contribution in [3.8, 4) is 0 Å². The number of anilines is 2. The largest absolute Gasteiger partial charge is 0.397 e. The zero-order chi connectivity index (χ0) is 13.0. The van der Waals surface area contributed by atoms with Gasteiger partial charge in [0.1, 0.15) is 0 Å². The van der Waals surface area contributed by atoms with E-state index in [9.17, 15) is 4.79 Å². The van der Waals surface area contributed by atoms with Gasteiger partial charge in [0.2, 0.25) is 5.91 Å². The molecule has 17 heavy (non-hydrogen) atoms. The Labute approximate surface area is 102 Å². The minimum atomic E-state index is -0.459. The van der Waals surface area contributed by atoms with E-state index in [2.05, 4.69) is 26.1 Å². The first-order chi connectivity index (χ1) is 7.95. The van der Waals surface area contributed by atoms with Gasteiger partial charge in [0.15, 0.2) is 0 Å². The number of primary amides is 1. The molecule has 4 heteroatoms. The standard InChI is InChI=1S/C13H21N3O/c1-4-11(8(2)3)16-12-6-5-9(13(15)17)7-10(12)14/h5-8,11,16H,4,14H2,1-3H3,(H2,15,17). The first-order valence-corrected chi connectivity index (χ1v) is 5.91. The number of hydrogen-bond donors (Lipinski definition) is 3. The van der Waals surface area contributed by atoms with Crippen LogP contribution in [0.2, 0.25) is 0 Å². The summed E-state index contributed by atoms with van der Waals surface area (Å²) in [5.74, 6) is 0.0642. The summed E-state index contributed by atoms with van der Waals surface area (Å²) in [5, 5.41) is 3.39. The van der Waals surface area contributed by atoms with Crippen molar-refractivity contribution >= 4 is 17.3 Å². The number of amides is 1. The molecule has 1 unspecified atom stereocenters. The van der Waals surface area contributed by atoms with Gasteiger partial charge in [0, 0.05) is 11.6 Å². The second-order valence-electron chi connectivity index (χ2n) is 4.57. The fraction of sp³-hybridized carbons (Fsp3) is 0.462. The number of rotatable bonds is 5. The third-order valence-electron chi connectivity index (χ3n) is 2.92. The van der Waals surface area contributed by atoms with Crippen LogP contribution in [0, 0.1) is 5.92 Å². The van der Waals surface area contributed by atoms with Crippen LogP contribution in [0.15, 0.2) is 18.2 Å². The molecule has 0 spiro atoms. The molecule has 94 valence electrons. The van der Waals surface area contributed by atoms with E-state index in [1.54, 1.807) is 18.2 Å². The van der Waals surface area contributed by atoms with E-state index >= 15 is 0 Å². The van der Waals surface area contributed by atoms with Crippen molar-refractivity contribution < 1.29 is 4.79 Å². The van der Waals surface area contributed by atoms with Gasteiger partial charge in [-0.25, -0.2) is 0 Å². The highest BCUT2D eigenvalue weighted by Gasteiger charge is 2.12. The van der Waals surface area contributed by atoms with E-state index in [0.29, 0.717) is 23.2 Å². The Kier molecular flexibility index (Phi) is 4.37. The van der Waals surface area contributed by atoms with Crippen LogP contribution in [0.4, 0.5) is 11.4 Å². The molecular formula is C13H21N3O. The number of carbonyl (C=O) groups excluding carboxylic acids is 1. The molecule has 4 nitrogen and oxygen atoms in total. The van der Waals surface area contributed by atoms with Crippen molar-refractivity contribution in [2.24, 2.45) is 11.7 Å². The lowest BCUT2D eigenvalue weighted by Gasteiger charge is -2.23. The lowest BCUT2D eigenvalue weighted by atomic mass is 10.0. The number of nitrogens with two attached hydrogens (primary N) is 2. The van der Waals surface area contributed by atoms with Crippen LogP contribution < -0.4 is 16.8 Å². The maximum Gasteiger partial charge on any atom is 0.248 e. The Hall–Kier alpha value is -1.71. The Morgan fingerprint density at radius 2 is 2.06 bits per heavy atom. The Morgan fingerprint density at radius 3 is 2.47 bits per heavy atom. The van der Waals surface area contributed by atoms with Crippen LogP contribution in [0.5, 0.6) is 0 Å². The minimum Gasteiger partial charge on any atom is -0.397 e. The van der Waals surface area contributed by atoms with Gasteiger partial charge in [-0.15, -0.1) is 0 Å². The summed E-state index contributed by atoms with van der Waals surface area (Å²) in [4.78, 5) is 11.0. The zero-order valence-electron chi connectivity index (χ0n) is 10.7. The van der Waals surface area contributed by atoms with Crippen LogP contribution in [-0.4, -0.2) is 11.9 Å². The number of nitrogen functional groups attached to an aromatic ring is 1. The fourth-order valence-corrected chi connectivity index (χ4v) is 1.79. The molecule has 1 amide bonds. The molecule has 1 atom stereocenters. The van der Waals surface area contributed by atoms with Gasteiger partial charge >= 0.3 is 0 Å². The van der Waals surface area contributed by atoms with Crippen LogP contribution in [0.1, 0.15) is 37.6 Å². The van der Waals surface area contributed by atoms with E-state index in [-0.39, 0.29) is 0 Å². The predicted octanol–water partition coefficient (Wildman–Crippen LogP) is 2.21. The highest BCUT2D eigenvalue weighted by atomic mass is 16.1. The van der Waals surface area contributed by atoms with Crippen LogP contribution in [-0.2, 0) is 0 Å². The molecule has 5 N–H and O–H groups in total. The summed E-state index contributed by atoms with van der Waals surface area (Å²) < 4.78 is 0. The van der Waals surface area contributed by atoms with E-state index in [1.807, 2.05) is 0 Å². The zero-order valence-corrected chi connectivity index (χ0v) is 10.7. The summed E-state index contributed by atoms with van der Waals surface area (Å²) in [5.41, 5.74) is 12.9. The molecule has 0 heterocycles. The summed E-state index contributed by atoms with van der Waals surface area (Å²) in [6.07, 6.45) is 1.02. The Bertz CT molecular complexity index is 402. The van der Waals surface area contributed by atoms with Gasteiger partial charge in [-0.1, -0.05) is 20.8 Å². The lowest BCUT2D eigenvalue weighted by molar-refractivity contribution is 0.100. The van der Waals surface area contributed by atoms with Gasteiger partial charge in [-0.05, 0) is 30.5 Å². The average molecular weight is 235 g/mol. The van der Waals surface area contributed by atoms with Crippen molar-refractivity contribution in [2.45, 2.75) is 33.2 Å². The van der Waals surface area contributed by atoms with E-state index in [0.717, 1.165) is 12.1 Å². The molecule has 0 aliphatic carbocycles. The van der Waals surface area contributed by atoms with Crippen molar-refractivity contribution in [3.63, 3.8) is 0 Å². The van der Waals surface area contributed by atoms with Gasteiger partial charge in [-0.2, -0.15) is 0 Å². The molecular weight excluding hydrogens is 214 g/mol. The van der Waals surface area contributed by atoms with E-state index in [1.165, 1.54) is 0 Å². The first kappa shape index (κ1) is 13.4. The van der Waals surface area contributed by atoms with Crippen LogP contribution in [0.3, 0.4) is 0 Å². The molecule has 1 aromatic rings. The second kappa shape index (κ2) is 5.57. The topological polar surface area (TPSA) is 81.1 Å². The smallest absolute Gasteiger partial charge is 0.248 e. The van der Waals surface area contributed by atoms with Crippen molar-refractivity contribution in [1.29, 1.82) is 0 Å². The molecule has 1 aromatic carbocycles. The normalized spacial score (nSPS) is 12.5. The minimum absolute atomic E-state index is 0.372. The third-order valence-corrected chi connectivity index (χ3v) is 2.92. The maximum atomic E-state index is 11.0. The van der Waals surface area contributed by atoms with Gasteiger partial charge in [0.25, 0.3) is 0 Å². The highest BCUT2D eigenvalue weighted by molar-refractivity contribution is 5.94. The maximum absolute atomic E-state index is 11.0. The predicted molar refractivity (Wildman–Crippen MR) is 71.9 cm³/mol. The van der Waals surface area contributed by atoms with Gasteiger partial charge in [-0.3, -0.25) is 4.79 Å². The lowest BCUT2D eigenvalue weighted by Crippen LogP contribution is -2.25. The van der Waals surface area contributed by atoms with E-state index in [4.69, 9.17) is 11.5 Å². The van der Waals surface area contributed by atoms with Crippen molar-refractivity contribution in [3.05, 3.63) is 23.8 Å². The second-order valence-corrected chi connectivity index (χ2v) is 4.57. The van der Waals surface area contributed by atoms with Crippen LogP contribution >= 0.6 is 0 Å². The summed E-state index contributed by atoms with van der Waals surface area (Å²) in [7, 11) is 0. The summed E-state index contributed by atoms with van der Waals surface area (Å²) >= 11 is 0. The monoisotopic (exact) mass is 235 g/mol. The van der Waals surface area contributed by atoms with E-state index < -0.39 is 5.91 Å². The fourth-order valence-electron chi connectivity index (χ4n) is 1.79. The highest BCUT2D eigenvalue weighted by Crippen LogP contribution is 2.23. The molecule has 0 saturated heterocycles. The molecule has 0 aliphatic heterocycles. The van der Waals surface area contributed by atoms with Crippen LogP contribution in [0.25, 0.3) is 0 Å². The molecule has 0 aromatic heterocycles.